The summed E-state index contributed by atoms with van der Waals surface area (Å²) >= 11 is 4.94. The molecule has 0 aromatic heterocycles. The van der Waals surface area contributed by atoms with Gasteiger partial charge in [-0.2, -0.15) is 0 Å². The van der Waals surface area contributed by atoms with Crippen LogP contribution in [0, 0.1) is 0 Å². The molecule has 108 valence electrons. The Morgan fingerprint density at radius 3 is 2.53 bits per heavy atom. The largest absolute Gasteiger partial charge is 0.393 e. The zero-order chi connectivity index (χ0) is 13.8. The number of nitrogens with zero attached hydrogens (tertiary/aromatic N) is 1. The zero-order valence-corrected chi connectivity index (χ0v) is 12.5. The standard InChI is InChI=1S/C14H25N3OS/c1-10(14(18)16-11-4-2-3-5-11)17(12-6-7-12)9-8-13(15)19/h10-12H,2-9H2,1H3,(H2,15,19)(H,16,18). The van der Waals surface area contributed by atoms with Crippen molar-refractivity contribution in [3.05, 3.63) is 0 Å². The smallest absolute Gasteiger partial charge is 0.237 e. The lowest BCUT2D eigenvalue weighted by Crippen LogP contribution is -2.49. The Bertz CT molecular complexity index is 338. The maximum atomic E-state index is 12.3. The summed E-state index contributed by atoms with van der Waals surface area (Å²) in [6.07, 6.45) is 7.84. The Hall–Kier alpha value is -0.680. The topological polar surface area (TPSA) is 58.4 Å². The summed E-state index contributed by atoms with van der Waals surface area (Å²) in [6, 6.07) is 0.882. The molecule has 0 aromatic rings. The van der Waals surface area contributed by atoms with Crippen molar-refractivity contribution in [3.8, 4) is 0 Å². The van der Waals surface area contributed by atoms with Gasteiger partial charge in [0.05, 0.1) is 11.0 Å². The molecule has 3 N–H and O–H groups in total. The van der Waals surface area contributed by atoms with Gasteiger partial charge in [0.1, 0.15) is 0 Å². The Kier molecular flexibility index (Phi) is 5.16. The first-order valence-electron chi connectivity index (χ1n) is 7.42. The minimum atomic E-state index is -0.0672. The highest BCUT2D eigenvalue weighted by atomic mass is 32.1. The van der Waals surface area contributed by atoms with Crippen LogP contribution in [0.3, 0.4) is 0 Å². The lowest BCUT2D eigenvalue weighted by molar-refractivity contribution is -0.126. The summed E-state index contributed by atoms with van der Waals surface area (Å²) in [5, 5.41) is 3.18. The Morgan fingerprint density at radius 2 is 2.00 bits per heavy atom. The molecule has 19 heavy (non-hydrogen) atoms. The van der Waals surface area contributed by atoms with E-state index in [2.05, 4.69) is 10.2 Å². The SMILES string of the molecule is CC(C(=O)NC1CCCC1)N(CCC(N)=S)C1CC1. The van der Waals surface area contributed by atoms with E-state index in [1.54, 1.807) is 0 Å². The first-order valence-corrected chi connectivity index (χ1v) is 7.83. The number of nitrogens with two attached hydrogens (primary N) is 1. The molecule has 4 nitrogen and oxygen atoms in total. The second kappa shape index (κ2) is 6.66. The van der Waals surface area contributed by atoms with Gasteiger partial charge in [-0.05, 0) is 32.6 Å². The number of carbonyl (C=O) groups is 1. The summed E-state index contributed by atoms with van der Waals surface area (Å²) in [5.41, 5.74) is 5.57. The molecule has 0 aromatic carbocycles. The van der Waals surface area contributed by atoms with Crippen molar-refractivity contribution in [2.75, 3.05) is 6.54 Å². The molecule has 0 aliphatic heterocycles. The predicted octanol–water partition coefficient (Wildman–Crippen LogP) is 1.57. The molecule has 0 saturated heterocycles. The van der Waals surface area contributed by atoms with Crippen LogP contribution in [0.25, 0.3) is 0 Å². The van der Waals surface area contributed by atoms with Gasteiger partial charge >= 0.3 is 0 Å². The third-order valence-corrected chi connectivity index (χ3v) is 4.41. The number of amides is 1. The fraction of sp³-hybridized carbons (Fsp3) is 0.857. The van der Waals surface area contributed by atoms with Crippen LogP contribution in [-0.4, -0.2) is 40.5 Å². The lowest BCUT2D eigenvalue weighted by Gasteiger charge is -2.29. The molecule has 0 radical (unpaired) electrons. The molecule has 2 saturated carbocycles. The van der Waals surface area contributed by atoms with Gasteiger partial charge in [-0.15, -0.1) is 0 Å². The Balaban J connectivity index is 1.84. The van der Waals surface area contributed by atoms with Crippen molar-refractivity contribution in [2.24, 2.45) is 5.73 Å². The molecule has 2 aliphatic rings. The van der Waals surface area contributed by atoms with E-state index in [4.69, 9.17) is 18.0 Å². The molecule has 0 bridgehead atoms. The molecule has 1 amide bonds. The number of rotatable bonds is 7. The first kappa shape index (κ1) is 14.7. The van der Waals surface area contributed by atoms with Crippen molar-refractivity contribution in [2.45, 2.75) is 70.0 Å². The molecule has 0 heterocycles. The highest BCUT2D eigenvalue weighted by Crippen LogP contribution is 2.29. The second-order valence-corrected chi connectivity index (χ2v) is 6.38. The molecule has 2 rings (SSSR count). The average molecular weight is 283 g/mol. The first-order chi connectivity index (χ1) is 9.08. The number of nitrogens with one attached hydrogen (secondary N) is 1. The van der Waals surface area contributed by atoms with E-state index in [1.807, 2.05) is 6.92 Å². The molecule has 2 aliphatic carbocycles. The molecule has 1 atom stereocenters. The van der Waals surface area contributed by atoms with E-state index in [0.717, 1.165) is 19.4 Å². The van der Waals surface area contributed by atoms with Gasteiger partial charge in [-0.3, -0.25) is 9.69 Å². The summed E-state index contributed by atoms with van der Waals surface area (Å²) in [5.74, 6) is 0.168. The average Bonchev–Trinajstić information content (AvgIpc) is 3.06. The van der Waals surface area contributed by atoms with E-state index >= 15 is 0 Å². The van der Waals surface area contributed by atoms with Crippen LogP contribution in [0.4, 0.5) is 0 Å². The Labute approximate surface area is 121 Å². The highest BCUT2D eigenvalue weighted by Gasteiger charge is 2.35. The molecule has 5 heteroatoms. The quantitative estimate of drug-likeness (QED) is 0.696. The lowest BCUT2D eigenvalue weighted by atomic mass is 10.2. The number of hydrogen-bond acceptors (Lipinski definition) is 3. The summed E-state index contributed by atoms with van der Waals surface area (Å²) in [7, 11) is 0. The summed E-state index contributed by atoms with van der Waals surface area (Å²) in [4.78, 5) is 15.1. The van der Waals surface area contributed by atoms with E-state index in [0.29, 0.717) is 23.5 Å². The molecule has 2 fully saturated rings. The van der Waals surface area contributed by atoms with Gasteiger partial charge < -0.3 is 11.1 Å². The zero-order valence-electron chi connectivity index (χ0n) is 11.7. The summed E-state index contributed by atoms with van der Waals surface area (Å²) < 4.78 is 0. The maximum Gasteiger partial charge on any atom is 0.237 e. The fourth-order valence-electron chi connectivity index (χ4n) is 2.88. The minimum Gasteiger partial charge on any atom is -0.393 e. The predicted molar refractivity (Wildman–Crippen MR) is 81.0 cm³/mol. The van der Waals surface area contributed by atoms with E-state index in [1.165, 1.54) is 25.7 Å². The second-order valence-electron chi connectivity index (χ2n) is 5.85. The Morgan fingerprint density at radius 1 is 1.37 bits per heavy atom. The van der Waals surface area contributed by atoms with Crippen molar-refractivity contribution in [1.82, 2.24) is 10.2 Å². The van der Waals surface area contributed by atoms with Crippen LogP contribution in [0.5, 0.6) is 0 Å². The maximum absolute atomic E-state index is 12.3. The van der Waals surface area contributed by atoms with Crippen molar-refractivity contribution < 1.29 is 4.79 Å². The summed E-state index contributed by atoms with van der Waals surface area (Å²) in [6.45, 7) is 2.81. The van der Waals surface area contributed by atoms with Crippen molar-refractivity contribution in [1.29, 1.82) is 0 Å². The van der Waals surface area contributed by atoms with Crippen LogP contribution in [-0.2, 0) is 4.79 Å². The van der Waals surface area contributed by atoms with Gasteiger partial charge in [0.2, 0.25) is 5.91 Å². The van der Waals surface area contributed by atoms with Crippen LogP contribution in [0.1, 0.15) is 51.9 Å². The molecular weight excluding hydrogens is 258 g/mol. The van der Waals surface area contributed by atoms with Gasteiger partial charge in [-0.1, -0.05) is 25.1 Å². The molecule has 0 spiro atoms. The van der Waals surface area contributed by atoms with E-state index in [-0.39, 0.29) is 11.9 Å². The highest BCUT2D eigenvalue weighted by molar-refractivity contribution is 7.80. The fourth-order valence-corrected chi connectivity index (χ4v) is 2.97. The molecular formula is C14H25N3OS. The normalized spacial score (nSPS) is 21.6. The van der Waals surface area contributed by atoms with Crippen LogP contribution >= 0.6 is 12.2 Å². The van der Waals surface area contributed by atoms with Crippen molar-refractivity contribution >= 4 is 23.1 Å². The monoisotopic (exact) mass is 283 g/mol. The number of hydrogen-bond donors (Lipinski definition) is 2. The van der Waals surface area contributed by atoms with Crippen LogP contribution in [0.2, 0.25) is 0 Å². The van der Waals surface area contributed by atoms with E-state index < -0.39 is 0 Å². The third-order valence-electron chi connectivity index (χ3n) is 4.21. The minimum absolute atomic E-state index is 0.0672. The van der Waals surface area contributed by atoms with E-state index in [9.17, 15) is 4.79 Å². The van der Waals surface area contributed by atoms with Crippen molar-refractivity contribution in [3.63, 3.8) is 0 Å². The molecule has 1 unspecified atom stereocenters. The van der Waals surface area contributed by atoms with Gasteiger partial charge in [0, 0.05) is 25.0 Å². The third kappa shape index (κ3) is 4.42. The van der Waals surface area contributed by atoms with Gasteiger partial charge in [0.15, 0.2) is 0 Å². The van der Waals surface area contributed by atoms with Crippen LogP contribution < -0.4 is 11.1 Å². The van der Waals surface area contributed by atoms with Crippen LogP contribution in [0.15, 0.2) is 0 Å². The van der Waals surface area contributed by atoms with Gasteiger partial charge in [0.25, 0.3) is 0 Å². The van der Waals surface area contributed by atoms with Gasteiger partial charge in [-0.25, -0.2) is 0 Å². The number of thiocarbonyl (C=S) groups is 1. The number of carbonyl (C=O) groups excluding carboxylic acids is 1.